The average Bonchev–Trinajstić information content (AvgIpc) is 3.44. The van der Waals surface area contributed by atoms with E-state index in [0.717, 1.165) is 48.1 Å². The zero-order valence-corrected chi connectivity index (χ0v) is 15.1. The van der Waals surface area contributed by atoms with E-state index >= 15 is 0 Å². The maximum atomic E-state index is 13.2. The Morgan fingerprint density at radius 2 is 2.08 bits per heavy atom. The highest BCUT2D eigenvalue weighted by molar-refractivity contribution is 6.09. The predicted molar refractivity (Wildman–Crippen MR) is 96.2 cm³/mol. The summed E-state index contributed by atoms with van der Waals surface area (Å²) in [6.45, 7) is 1.76. The first-order chi connectivity index (χ1) is 12.5. The van der Waals surface area contributed by atoms with Gasteiger partial charge in [-0.3, -0.25) is 14.5 Å². The highest BCUT2D eigenvalue weighted by Gasteiger charge is 2.53. The Hall–Kier alpha value is -2.37. The quantitative estimate of drug-likeness (QED) is 0.812. The van der Waals surface area contributed by atoms with Crippen LogP contribution in [0.4, 0.5) is 4.79 Å². The van der Waals surface area contributed by atoms with Gasteiger partial charge in [0.15, 0.2) is 0 Å². The molecule has 0 unspecified atom stereocenters. The van der Waals surface area contributed by atoms with E-state index in [-0.39, 0.29) is 24.4 Å². The molecule has 1 heterocycles. The molecule has 6 nitrogen and oxygen atoms in total. The van der Waals surface area contributed by atoms with Crippen LogP contribution in [0.5, 0.6) is 0 Å². The molecule has 26 heavy (non-hydrogen) atoms. The van der Waals surface area contributed by atoms with Crippen molar-refractivity contribution in [1.82, 2.24) is 15.5 Å². The van der Waals surface area contributed by atoms with Crippen molar-refractivity contribution in [2.45, 2.75) is 57.0 Å². The molecule has 2 N–H and O–H groups in total. The third kappa shape index (κ3) is 2.87. The second-order valence-corrected chi connectivity index (χ2v) is 7.78. The van der Waals surface area contributed by atoms with Crippen molar-refractivity contribution in [2.24, 2.45) is 5.92 Å². The van der Waals surface area contributed by atoms with Gasteiger partial charge < -0.3 is 10.6 Å². The molecule has 1 aromatic rings. The lowest BCUT2D eigenvalue weighted by atomic mass is 9.84. The highest BCUT2D eigenvalue weighted by atomic mass is 16.2. The lowest BCUT2D eigenvalue weighted by Crippen LogP contribution is -2.46. The average molecular weight is 355 g/mol. The maximum absolute atomic E-state index is 13.2. The smallest absolute Gasteiger partial charge is 0.325 e. The number of nitrogens with one attached hydrogen (secondary N) is 2. The van der Waals surface area contributed by atoms with Gasteiger partial charge in [0.05, 0.1) is 0 Å². The van der Waals surface area contributed by atoms with Crippen LogP contribution in [0.2, 0.25) is 0 Å². The number of hydrogen-bond donors (Lipinski definition) is 2. The lowest BCUT2D eigenvalue weighted by Gasteiger charge is -2.27. The van der Waals surface area contributed by atoms with Crippen LogP contribution in [0.25, 0.3) is 0 Å². The molecule has 0 aromatic heterocycles. The van der Waals surface area contributed by atoms with Gasteiger partial charge in [0.1, 0.15) is 12.1 Å². The summed E-state index contributed by atoms with van der Waals surface area (Å²) in [6, 6.07) is 7.44. The van der Waals surface area contributed by atoms with Crippen molar-refractivity contribution in [3.05, 3.63) is 35.4 Å². The molecule has 2 fully saturated rings. The van der Waals surface area contributed by atoms with E-state index in [1.54, 1.807) is 0 Å². The number of carbonyl (C=O) groups excluding carboxylic acids is 3. The number of benzene rings is 1. The molecular weight excluding hydrogens is 330 g/mol. The van der Waals surface area contributed by atoms with Crippen LogP contribution in [0.15, 0.2) is 24.3 Å². The van der Waals surface area contributed by atoms with Gasteiger partial charge in [-0.25, -0.2) is 4.79 Å². The molecule has 2 aliphatic carbocycles. The molecule has 1 saturated carbocycles. The van der Waals surface area contributed by atoms with Gasteiger partial charge in [0.2, 0.25) is 5.91 Å². The molecule has 138 valence electrons. The second-order valence-electron chi connectivity index (χ2n) is 7.78. The molecule has 1 spiro atoms. The van der Waals surface area contributed by atoms with Crippen LogP contribution in [0.3, 0.4) is 0 Å². The Morgan fingerprint density at radius 1 is 1.31 bits per heavy atom. The first kappa shape index (κ1) is 17.1. The fourth-order valence-electron chi connectivity index (χ4n) is 4.27. The summed E-state index contributed by atoms with van der Waals surface area (Å²) >= 11 is 0. The Balaban J connectivity index is 1.56. The molecule has 1 saturated heterocycles. The van der Waals surface area contributed by atoms with Gasteiger partial charge in [-0.2, -0.15) is 0 Å². The molecule has 6 heteroatoms. The molecule has 1 aliphatic heterocycles. The van der Waals surface area contributed by atoms with Crippen LogP contribution in [-0.2, 0) is 21.5 Å². The molecular formula is C20H25N3O3. The van der Waals surface area contributed by atoms with Crippen LogP contribution < -0.4 is 10.6 Å². The standard InChI is InChI=1S/C20H25N3O3/c1-13(14-9-10-14)21-17(24)12-23-18(25)20(22-19(23)26)11-5-4-7-15-6-2-3-8-16(15)20/h2-3,6,8,13-14H,4-5,7,9-12H2,1H3,(H,21,24)(H,22,26)/t13-,20-/m1/s1. The summed E-state index contributed by atoms with van der Waals surface area (Å²) in [7, 11) is 0. The van der Waals surface area contributed by atoms with Crippen LogP contribution >= 0.6 is 0 Å². The van der Waals surface area contributed by atoms with Crippen molar-refractivity contribution < 1.29 is 14.4 Å². The van der Waals surface area contributed by atoms with Crippen LogP contribution in [0.1, 0.15) is 50.2 Å². The highest BCUT2D eigenvalue weighted by Crippen LogP contribution is 2.39. The van der Waals surface area contributed by atoms with Gasteiger partial charge in [0.25, 0.3) is 5.91 Å². The Labute approximate surface area is 153 Å². The summed E-state index contributed by atoms with van der Waals surface area (Å²) in [4.78, 5) is 39.2. The number of imide groups is 1. The number of nitrogens with zero attached hydrogens (tertiary/aromatic N) is 1. The minimum Gasteiger partial charge on any atom is -0.352 e. The zero-order valence-electron chi connectivity index (χ0n) is 15.1. The van der Waals surface area contributed by atoms with Crippen LogP contribution in [0, 0.1) is 5.92 Å². The monoisotopic (exact) mass is 355 g/mol. The maximum Gasteiger partial charge on any atom is 0.325 e. The second kappa shape index (κ2) is 6.41. The number of fused-ring (bicyclic) bond motifs is 2. The van der Waals surface area contributed by atoms with E-state index in [1.807, 2.05) is 31.2 Å². The first-order valence-electron chi connectivity index (χ1n) is 9.53. The van der Waals surface area contributed by atoms with Gasteiger partial charge >= 0.3 is 6.03 Å². The fourth-order valence-corrected chi connectivity index (χ4v) is 4.27. The largest absolute Gasteiger partial charge is 0.352 e. The van der Waals surface area contributed by atoms with E-state index < -0.39 is 11.6 Å². The Bertz CT molecular complexity index is 758. The summed E-state index contributed by atoms with van der Waals surface area (Å²) in [5, 5.41) is 5.84. The third-order valence-electron chi connectivity index (χ3n) is 5.92. The molecule has 0 bridgehead atoms. The molecule has 3 aliphatic rings. The molecule has 1 aromatic carbocycles. The van der Waals surface area contributed by atoms with E-state index in [1.165, 1.54) is 0 Å². The summed E-state index contributed by atoms with van der Waals surface area (Å²) in [5.41, 5.74) is 0.962. The fraction of sp³-hybridized carbons (Fsp3) is 0.550. The first-order valence-corrected chi connectivity index (χ1v) is 9.53. The number of carbonyl (C=O) groups is 3. The Kier molecular flexibility index (Phi) is 4.21. The SMILES string of the molecule is C[C@@H](NC(=O)CN1C(=O)N[C@@]2(CCCCc3ccccc32)C1=O)C1CC1. The summed E-state index contributed by atoms with van der Waals surface area (Å²) in [5.74, 6) is -0.0416. The third-order valence-corrected chi connectivity index (χ3v) is 5.92. The van der Waals surface area contributed by atoms with Gasteiger partial charge in [0, 0.05) is 6.04 Å². The predicted octanol–water partition coefficient (Wildman–Crippen LogP) is 2.07. The number of urea groups is 1. The minimum atomic E-state index is -1.02. The normalized spacial score (nSPS) is 26.3. The van der Waals surface area contributed by atoms with Crippen LogP contribution in [-0.4, -0.2) is 35.3 Å². The molecule has 2 atom stereocenters. The van der Waals surface area contributed by atoms with E-state index in [2.05, 4.69) is 10.6 Å². The van der Waals surface area contributed by atoms with E-state index in [9.17, 15) is 14.4 Å². The molecule has 4 rings (SSSR count). The number of amides is 4. The molecule has 4 amide bonds. The zero-order chi connectivity index (χ0) is 18.3. The van der Waals surface area contributed by atoms with Crippen molar-refractivity contribution in [1.29, 1.82) is 0 Å². The van der Waals surface area contributed by atoms with E-state index in [4.69, 9.17) is 0 Å². The van der Waals surface area contributed by atoms with Crippen molar-refractivity contribution in [3.63, 3.8) is 0 Å². The summed E-state index contributed by atoms with van der Waals surface area (Å²) in [6.07, 6.45) is 5.58. The number of rotatable bonds is 4. The molecule has 0 radical (unpaired) electrons. The van der Waals surface area contributed by atoms with Gasteiger partial charge in [-0.1, -0.05) is 24.3 Å². The van der Waals surface area contributed by atoms with Crippen molar-refractivity contribution in [2.75, 3.05) is 6.54 Å². The number of hydrogen-bond acceptors (Lipinski definition) is 3. The Morgan fingerprint density at radius 3 is 2.85 bits per heavy atom. The van der Waals surface area contributed by atoms with Crippen molar-refractivity contribution in [3.8, 4) is 0 Å². The topological polar surface area (TPSA) is 78.5 Å². The lowest BCUT2D eigenvalue weighted by molar-refractivity contribution is -0.135. The summed E-state index contributed by atoms with van der Waals surface area (Å²) < 4.78 is 0. The number of aryl methyl sites for hydroxylation is 1. The van der Waals surface area contributed by atoms with Gasteiger partial charge in [-0.15, -0.1) is 0 Å². The van der Waals surface area contributed by atoms with Crippen molar-refractivity contribution >= 4 is 17.8 Å². The minimum absolute atomic E-state index is 0.0934. The van der Waals surface area contributed by atoms with Gasteiger partial charge in [-0.05, 0) is 62.5 Å². The van der Waals surface area contributed by atoms with E-state index in [0.29, 0.717) is 12.3 Å².